The third-order valence-electron chi connectivity index (χ3n) is 5.11. The van der Waals surface area contributed by atoms with Gasteiger partial charge in [0.05, 0.1) is 13.0 Å². The number of carbonyl (C=O) groups excluding carboxylic acids is 1. The van der Waals surface area contributed by atoms with Crippen molar-refractivity contribution in [2.45, 2.75) is 44.6 Å². The molecule has 4 N–H and O–H groups in total. The van der Waals surface area contributed by atoms with Gasteiger partial charge < -0.3 is 21.1 Å². The fourth-order valence-electron chi connectivity index (χ4n) is 3.64. The fraction of sp³-hybridized carbons (Fsp3) is 0.429. The van der Waals surface area contributed by atoms with Gasteiger partial charge in [-0.1, -0.05) is 36.6 Å². The Kier molecular flexibility index (Phi) is 7.10. The Balaban J connectivity index is 1.82. The molecule has 3 rings (SSSR count). The Labute approximate surface area is 180 Å². The van der Waals surface area contributed by atoms with Crippen molar-refractivity contribution >= 4 is 35.0 Å². The average molecular weight is 432 g/mol. The van der Waals surface area contributed by atoms with Crippen LogP contribution in [0.15, 0.2) is 24.3 Å². The van der Waals surface area contributed by atoms with Crippen LogP contribution < -0.4 is 16.0 Å². The van der Waals surface area contributed by atoms with Crippen molar-refractivity contribution in [2.75, 3.05) is 24.2 Å². The highest BCUT2D eigenvalue weighted by Gasteiger charge is 2.22. The Morgan fingerprint density at radius 1 is 1.23 bits per heavy atom. The van der Waals surface area contributed by atoms with Crippen molar-refractivity contribution in [1.82, 2.24) is 15.3 Å². The minimum absolute atomic E-state index is 0.0533. The monoisotopic (exact) mass is 431 g/mol. The number of rotatable bonds is 8. The lowest BCUT2D eigenvalue weighted by Crippen LogP contribution is -2.40. The van der Waals surface area contributed by atoms with Crippen molar-refractivity contribution in [1.29, 1.82) is 0 Å². The number of likely N-dealkylation sites (N-methyl/N-ethyl adjacent to an activating group) is 1. The number of nitrogens with two attached hydrogens (primary N) is 1. The number of carbonyl (C=O) groups is 2. The summed E-state index contributed by atoms with van der Waals surface area (Å²) in [7, 11) is 1.70. The highest BCUT2D eigenvalue weighted by molar-refractivity contribution is 6.30. The molecule has 0 spiro atoms. The third kappa shape index (κ3) is 5.82. The molecule has 0 aliphatic heterocycles. The van der Waals surface area contributed by atoms with Crippen LogP contribution in [0.1, 0.15) is 42.6 Å². The SMILES string of the molecule is CN(CC(=O)NC1CCCC1)c1nc(Cc2ccc(N)cc2)nc(Cl)c1CC(=O)O. The molecule has 1 saturated carbocycles. The topological polar surface area (TPSA) is 121 Å². The Morgan fingerprint density at radius 3 is 2.53 bits per heavy atom. The van der Waals surface area contributed by atoms with Crippen molar-refractivity contribution in [3.05, 3.63) is 46.4 Å². The van der Waals surface area contributed by atoms with E-state index in [9.17, 15) is 14.7 Å². The maximum atomic E-state index is 12.5. The second kappa shape index (κ2) is 9.75. The maximum Gasteiger partial charge on any atom is 0.308 e. The Bertz CT molecular complexity index is 914. The second-order valence-corrected chi connectivity index (χ2v) is 7.98. The molecule has 160 valence electrons. The van der Waals surface area contributed by atoms with Crippen LogP contribution in [-0.4, -0.2) is 46.6 Å². The zero-order valence-corrected chi connectivity index (χ0v) is 17.7. The number of nitrogen functional groups attached to an aromatic ring is 1. The lowest BCUT2D eigenvalue weighted by molar-refractivity contribution is -0.136. The molecule has 1 amide bonds. The molecule has 1 aliphatic rings. The van der Waals surface area contributed by atoms with Crippen molar-refractivity contribution in [3.8, 4) is 0 Å². The lowest BCUT2D eigenvalue weighted by atomic mass is 10.1. The first kappa shape index (κ1) is 21.8. The first-order chi connectivity index (χ1) is 14.3. The Morgan fingerprint density at radius 2 is 1.90 bits per heavy atom. The van der Waals surface area contributed by atoms with Crippen molar-refractivity contribution in [2.24, 2.45) is 0 Å². The second-order valence-electron chi connectivity index (χ2n) is 7.63. The summed E-state index contributed by atoms with van der Waals surface area (Å²) in [6.07, 6.45) is 4.31. The largest absolute Gasteiger partial charge is 0.481 e. The number of nitrogens with zero attached hydrogens (tertiary/aromatic N) is 3. The lowest BCUT2D eigenvalue weighted by Gasteiger charge is -2.22. The van der Waals surface area contributed by atoms with Crippen LogP contribution in [0.5, 0.6) is 0 Å². The van der Waals surface area contributed by atoms with Gasteiger partial charge in [-0.3, -0.25) is 9.59 Å². The highest BCUT2D eigenvalue weighted by atomic mass is 35.5. The normalized spacial score (nSPS) is 13.9. The van der Waals surface area contributed by atoms with Gasteiger partial charge in [0, 0.05) is 30.8 Å². The van der Waals surface area contributed by atoms with E-state index in [2.05, 4.69) is 15.3 Å². The van der Waals surface area contributed by atoms with Crippen LogP contribution >= 0.6 is 11.6 Å². The molecule has 8 nitrogen and oxygen atoms in total. The first-order valence-electron chi connectivity index (χ1n) is 9.94. The fourth-order valence-corrected chi connectivity index (χ4v) is 3.89. The minimum Gasteiger partial charge on any atom is -0.481 e. The number of nitrogens with one attached hydrogen (secondary N) is 1. The van der Waals surface area contributed by atoms with Crippen LogP contribution in [0, 0.1) is 0 Å². The van der Waals surface area contributed by atoms with Gasteiger partial charge in [0.2, 0.25) is 5.91 Å². The van der Waals surface area contributed by atoms with Crippen molar-refractivity contribution < 1.29 is 14.7 Å². The van der Waals surface area contributed by atoms with Gasteiger partial charge in [0.15, 0.2) is 0 Å². The minimum atomic E-state index is -1.04. The van der Waals surface area contributed by atoms with Crippen molar-refractivity contribution in [3.63, 3.8) is 0 Å². The summed E-state index contributed by atoms with van der Waals surface area (Å²) in [6.45, 7) is 0.0533. The van der Waals surface area contributed by atoms with Gasteiger partial charge in [-0.15, -0.1) is 0 Å². The van der Waals surface area contributed by atoms with E-state index in [4.69, 9.17) is 17.3 Å². The van der Waals surface area contributed by atoms with E-state index in [0.29, 0.717) is 29.3 Å². The molecular weight excluding hydrogens is 406 g/mol. The van der Waals surface area contributed by atoms with Gasteiger partial charge in [-0.05, 0) is 30.5 Å². The van der Waals surface area contributed by atoms with E-state index in [0.717, 1.165) is 31.2 Å². The van der Waals surface area contributed by atoms with Gasteiger partial charge in [-0.2, -0.15) is 0 Å². The summed E-state index contributed by atoms with van der Waals surface area (Å²) in [4.78, 5) is 34.2. The molecule has 30 heavy (non-hydrogen) atoms. The number of benzene rings is 1. The molecule has 0 unspecified atom stereocenters. The molecule has 0 radical (unpaired) electrons. The van der Waals surface area contributed by atoms with Crippen LogP contribution in [0.4, 0.5) is 11.5 Å². The van der Waals surface area contributed by atoms with Gasteiger partial charge in [0.25, 0.3) is 0 Å². The number of carboxylic acid groups (broad SMARTS) is 1. The predicted octanol–water partition coefficient (Wildman–Crippen LogP) is 2.43. The predicted molar refractivity (Wildman–Crippen MR) is 116 cm³/mol. The van der Waals surface area contributed by atoms with Crippen LogP contribution in [0.25, 0.3) is 0 Å². The first-order valence-corrected chi connectivity index (χ1v) is 10.3. The van der Waals surface area contributed by atoms with E-state index in [1.165, 1.54) is 0 Å². The molecule has 1 aromatic heterocycles. The number of aliphatic carboxylic acids is 1. The van der Waals surface area contributed by atoms with Crippen LogP contribution in [0.2, 0.25) is 5.15 Å². The molecular formula is C21H26ClN5O3. The van der Waals surface area contributed by atoms with E-state index in [-0.39, 0.29) is 30.1 Å². The summed E-state index contributed by atoms with van der Waals surface area (Å²) < 4.78 is 0. The van der Waals surface area contributed by atoms with Crippen LogP contribution in [-0.2, 0) is 22.4 Å². The molecule has 1 fully saturated rings. The van der Waals surface area contributed by atoms with E-state index >= 15 is 0 Å². The molecule has 9 heteroatoms. The number of hydrogen-bond acceptors (Lipinski definition) is 6. The summed E-state index contributed by atoms with van der Waals surface area (Å²) >= 11 is 6.33. The maximum absolute atomic E-state index is 12.5. The summed E-state index contributed by atoms with van der Waals surface area (Å²) in [5, 5.41) is 12.4. The summed E-state index contributed by atoms with van der Waals surface area (Å²) in [5.74, 6) is -0.376. The average Bonchev–Trinajstić information content (AvgIpc) is 3.18. The standard InChI is InChI=1S/C21H26ClN5O3/c1-27(12-18(28)24-15-4-2-3-5-15)21-16(11-19(29)30)20(22)25-17(26-21)10-13-6-8-14(23)9-7-13/h6-9,15H,2-5,10-12,23H2,1H3,(H,24,28)(H,29,30). The van der Waals surface area contributed by atoms with E-state index in [1.54, 1.807) is 24.1 Å². The molecule has 0 atom stereocenters. The molecule has 1 aromatic carbocycles. The quantitative estimate of drug-likeness (QED) is 0.433. The zero-order valence-electron chi connectivity index (χ0n) is 16.9. The number of carboxylic acids is 1. The van der Waals surface area contributed by atoms with E-state index in [1.807, 2.05) is 12.1 Å². The van der Waals surface area contributed by atoms with Gasteiger partial charge in [-0.25, -0.2) is 9.97 Å². The summed E-state index contributed by atoms with van der Waals surface area (Å²) in [5.41, 5.74) is 7.62. The molecule has 1 heterocycles. The molecule has 0 saturated heterocycles. The molecule has 2 aromatic rings. The van der Waals surface area contributed by atoms with Crippen LogP contribution in [0.3, 0.4) is 0 Å². The smallest absolute Gasteiger partial charge is 0.308 e. The zero-order chi connectivity index (χ0) is 21.7. The molecule has 0 bridgehead atoms. The number of amides is 1. The van der Waals surface area contributed by atoms with E-state index < -0.39 is 5.97 Å². The number of hydrogen-bond donors (Lipinski definition) is 3. The number of halogens is 1. The highest BCUT2D eigenvalue weighted by Crippen LogP contribution is 2.26. The third-order valence-corrected chi connectivity index (χ3v) is 5.43. The number of aromatic nitrogens is 2. The number of anilines is 2. The van der Waals surface area contributed by atoms with Gasteiger partial charge in [0.1, 0.15) is 16.8 Å². The van der Waals surface area contributed by atoms with Gasteiger partial charge >= 0.3 is 5.97 Å². The Hall–Kier alpha value is -2.87. The molecule has 1 aliphatic carbocycles. The summed E-state index contributed by atoms with van der Waals surface area (Å²) in [6, 6.07) is 7.53.